The average molecular weight is 321 g/mol. The van der Waals surface area contributed by atoms with Gasteiger partial charge in [-0.15, -0.1) is 0 Å². The minimum Gasteiger partial charge on any atom is -0.497 e. The molecule has 0 fully saturated rings. The lowest BCUT2D eigenvalue weighted by Gasteiger charge is -2.09. The molecule has 0 aliphatic carbocycles. The van der Waals surface area contributed by atoms with Gasteiger partial charge in [-0.05, 0) is 35.9 Å². The van der Waals surface area contributed by atoms with Crippen LogP contribution < -0.4 is 10.6 Å². The van der Waals surface area contributed by atoms with Crippen LogP contribution in [0.15, 0.2) is 53.4 Å². The van der Waals surface area contributed by atoms with Crippen molar-refractivity contribution in [3.8, 4) is 5.75 Å². The third-order valence-corrected chi connectivity index (χ3v) is 4.79. The minimum absolute atomic E-state index is 0.127. The van der Waals surface area contributed by atoms with Gasteiger partial charge >= 0.3 is 5.97 Å². The van der Waals surface area contributed by atoms with E-state index in [4.69, 9.17) is 10.6 Å². The third kappa shape index (κ3) is 3.44. The molecule has 0 aliphatic rings. The van der Waals surface area contributed by atoms with Gasteiger partial charge in [-0.2, -0.15) is 5.90 Å². The normalized spacial score (nSPS) is 11.0. The quantitative estimate of drug-likeness (QED) is 0.842. The highest BCUT2D eigenvalue weighted by Gasteiger charge is 2.20. The van der Waals surface area contributed by atoms with Crippen LogP contribution in [-0.4, -0.2) is 21.5 Å². The van der Waals surface area contributed by atoms with Crippen molar-refractivity contribution in [3.63, 3.8) is 0 Å². The third-order valence-electron chi connectivity index (χ3n) is 3.11. The lowest BCUT2D eigenvalue weighted by molar-refractivity contribution is 0.0502. The molecule has 0 saturated heterocycles. The number of rotatable bonds is 5. The van der Waals surface area contributed by atoms with Gasteiger partial charge in [0.15, 0.2) is 9.84 Å². The molecule has 0 radical (unpaired) electrons. The Morgan fingerprint density at radius 2 is 1.73 bits per heavy atom. The first kappa shape index (κ1) is 16.0. The van der Waals surface area contributed by atoms with Gasteiger partial charge < -0.3 is 9.57 Å². The number of methoxy groups -OCH3 is 1. The first-order valence-corrected chi connectivity index (χ1v) is 7.99. The highest BCUT2D eigenvalue weighted by atomic mass is 32.2. The van der Waals surface area contributed by atoms with Crippen molar-refractivity contribution in [3.05, 3.63) is 59.7 Å². The van der Waals surface area contributed by atoms with Gasteiger partial charge in [-0.3, -0.25) is 0 Å². The molecule has 0 amide bonds. The largest absolute Gasteiger partial charge is 0.497 e. The van der Waals surface area contributed by atoms with Gasteiger partial charge in [0.25, 0.3) is 0 Å². The van der Waals surface area contributed by atoms with E-state index in [1.54, 1.807) is 30.3 Å². The summed E-state index contributed by atoms with van der Waals surface area (Å²) >= 11 is 0. The van der Waals surface area contributed by atoms with Crippen LogP contribution in [0.3, 0.4) is 0 Å². The maximum absolute atomic E-state index is 12.4. The Hall–Kier alpha value is -2.38. The summed E-state index contributed by atoms with van der Waals surface area (Å²) < 4.78 is 29.9. The molecule has 7 heteroatoms. The zero-order valence-electron chi connectivity index (χ0n) is 11.9. The van der Waals surface area contributed by atoms with Crippen LogP contribution >= 0.6 is 0 Å². The molecule has 0 bridgehead atoms. The maximum Gasteiger partial charge on any atom is 0.356 e. The summed E-state index contributed by atoms with van der Waals surface area (Å²) in [7, 11) is -2.11. The fraction of sp³-hybridized carbons (Fsp3) is 0.133. The lowest BCUT2D eigenvalue weighted by Crippen LogP contribution is -2.14. The van der Waals surface area contributed by atoms with E-state index in [0.717, 1.165) is 0 Å². The second-order valence-corrected chi connectivity index (χ2v) is 6.49. The molecule has 0 atom stereocenters. The first-order valence-electron chi connectivity index (χ1n) is 6.33. The fourth-order valence-corrected chi connectivity index (χ4v) is 3.36. The molecular weight excluding hydrogens is 306 g/mol. The number of hydrogen-bond acceptors (Lipinski definition) is 6. The van der Waals surface area contributed by atoms with Gasteiger partial charge in [0.05, 0.1) is 23.3 Å². The Balaban J connectivity index is 2.34. The molecule has 6 nitrogen and oxygen atoms in total. The average Bonchev–Trinajstić information content (AvgIpc) is 2.54. The van der Waals surface area contributed by atoms with Crippen LogP contribution in [0, 0.1) is 0 Å². The molecule has 2 aromatic carbocycles. The van der Waals surface area contributed by atoms with Crippen molar-refractivity contribution in [1.82, 2.24) is 0 Å². The van der Waals surface area contributed by atoms with Gasteiger partial charge in [0.2, 0.25) is 0 Å². The highest BCUT2D eigenvalue weighted by Crippen LogP contribution is 2.21. The second-order valence-electron chi connectivity index (χ2n) is 4.50. The molecule has 0 aromatic heterocycles. The summed E-state index contributed by atoms with van der Waals surface area (Å²) in [6.45, 7) is 0. The van der Waals surface area contributed by atoms with Crippen molar-refractivity contribution >= 4 is 15.8 Å². The Labute approximate surface area is 128 Å². The molecular formula is C15H15NO5S. The summed E-state index contributed by atoms with van der Waals surface area (Å²) in [4.78, 5) is 15.9. The second kappa shape index (κ2) is 6.59. The topological polar surface area (TPSA) is 95.7 Å². The van der Waals surface area contributed by atoms with Crippen molar-refractivity contribution in [2.24, 2.45) is 5.90 Å². The van der Waals surface area contributed by atoms with E-state index in [-0.39, 0.29) is 16.2 Å². The summed E-state index contributed by atoms with van der Waals surface area (Å²) in [5.41, 5.74) is 0.454. The van der Waals surface area contributed by atoms with Gasteiger partial charge in [0.1, 0.15) is 5.75 Å². The van der Waals surface area contributed by atoms with Crippen molar-refractivity contribution in [2.75, 3.05) is 7.11 Å². The van der Waals surface area contributed by atoms with Crippen LogP contribution in [0.25, 0.3) is 0 Å². The standard InChI is InChI=1S/C15H15NO5S/c1-20-12-6-8-13(9-7-12)22(18,19)10-11-4-2-3-5-14(11)15(17)21-16/h2-9H,10,16H2,1H3. The Morgan fingerprint density at radius 3 is 2.32 bits per heavy atom. The molecule has 0 saturated carbocycles. The predicted molar refractivity (Wildman–Crippen MR) is 79.9 cm³/mol. The van der Waals surface area contributed by atoms with Gasteiger partial charge in [-0.1, -0.05) is 18.2 Å². The van der Waals surface area contributed by atoms with E-state index in [0.29, 0.717) is 11.3 Å². The van der Waals surface area contributed by atoms with Crippen molar-refractivity contribution in [1.29, 1.82) is 0 Å². The number of carbonyl (C=O) groups excluding carboxylic acids is 1. The van der Waals surface area contributed by atoms with E-state index >= 15 is 0 Å². The van der Waals surface area contributed by atoms with Gasteiger partial charge in [0, 0.05) is 0 Å². The zero-order valence-corrected chi connectivity index (χ0v) is 12.7. The summed E-state index contributed by atoms with van der Waals surface area (Å²) in [5.74, 6) is 4.32. The number of sulfone groups is 1. The highest BCUT2D eigenvalue weighted by molar-refractivity contribution is 7.90. The van der Waals surface area contributed by atoms with Crippen LogP contribution in [-0.2, 0) is 20.4 Å². The van der Waals surface area contributed by atoms with E-state index < -0.39 is 15.8 Å². The van der Waals surface area contributed by atoms with Crippen molar-refractivity contribution < 1.29 is 22.8 Å². The molecule has 22 heavy (non-hydrogen) atoms. The van der Waals surface area contributed by atoms with Crippen LogP contribution in [0.2, 0.25) is 0 Å². The van der Waals surface area contributed by atoms with Crippen LogP contribution in [0.5, 0.6) is 5.75 Å². The smallest absolute Gasteiger partial charge is 0.356 e. The number of nitrogens with two attached hydrogens (primary N) is 1. The SMILES string of the molecule is COc1ccc(S(=O)(=O)Cc2ccccc2C(=O)ON)cc1. The van der Waals surface area contributed by atoms with Crippen LogP contribution in [0.1, 0.15) is 15.9 Å². The predicted octanol–water partition coefficient (Wildman–Crippen LogP) is 1.70. The van der Waals surface area contributed by atoms with E-state index in [2.05, 4.69) is 4.84 Å². The summed E-state index contributed by atoms with van der Waals surface area (Å²) in [6.07, 6.45) is 0. The molecule has 0 heterocycles. The van der Waals surface area contributed by atoms with E-state index in [9.17, 15) is 13.2 Å². The Bertz CT molecular complexity index is 769. The molecule has 116 valence electrons. The van der Waals surface area contributed by atoms with E-state index in [1.807, 2.05) is 0 Å². The first-order chi connectivity index (χ1) is 10.5. The maximum atomic E-state index is 12.4. The molecule has 2 aromatic rings. The number of carbonyl (C=O) groups is 1. The summed E-state index contributed by atoms with van der Waals surface area (Å²) in [5, 5.41) is 0. The van der Waals surface area contributed by atoms with Crippen LogP contribution in [0.4, 0.5) is 0 Å². The monoisotopic (exact) mass is 321 g/mol. The molecule has 0 unspecified atom stereocenters. The number of hydrogen-bond donors (Lipinski definition) is 1. The Kier molecular flexibility index (Phi) is 4.79. The fourth-order valence-electron chi connectivity index (χ4n) is 1.98. The molecule has 0 spiro atoms. The minimum atomic E-state index is -3.61. The van der Waals surface area contributed by atoms with Crippen molar-refractivity contribution in [2.45, 2.75) is 10.6 Å². The summed E-state index contributed by atoms with van der Waals surface area (Å²) in [6, 6.07) is 12.3. The Morgan fingerprint density at radius 1 is 1.09 bits per heavy atom. The van der Waals surface area contributed by atoms with E-state index in [1.165, 1.54) is 25.3 Å². The molecule has 2 N–H and O–H groups in total. The lowest BCUT2D eigenvalue weighted by atomic mass is 10.1. The molecule has 2 rings (SSSR count). The van der Waals surface area contributed by atoms with Gasteiger partial charge in [-0.25, -0.2) is 13.2 Å². The molecule has 0 aliphatic heterocycles. The number of benzene rings is 2. The number of ether oxygens (including phenoxy) is 1. The zero-order chi connectivity index (χ0) is 16.2.